The molecular formula is C23H23BrN4O4. The summed E-state index contributed by atoms with van der Waals surface area (Å²) in [5.41, 5.74) is 6.01. The van der Waals surface area contributed by atoms with E-state index in [-0.39, 0.29) is 12.5 Å². The number of hydrogen-bond donors (Lipinski definition) is 1. The molecule has 0 fully saturated rings. The Morgan fingerprint density at radius 1 is 1.09 bits per heavy atom. The van der Waals surface area contributed by atoms with E-state index in [0.29, 0.717) is 22.8 Å². The molecule has 1 amide bonds. The van der Waals surface area contributed by atoms with Gasteiger partial charge in [-0.2, -0.15) is 10.2 Å². The molecule has 0 aliphatic rings. The Labute approximate surface area is 194 Å². The van der Waals surface area contributed by atoms with Gasteiger partial charge in [-0.15, -0.1) is 0 Å². The smallest absolute Gasteiger partial charge is 0.343 e. The van der Waals surface area contributed by atoms with Gasteiger partial charge in [-0.05, 0) is 84.7 Å². The number of nitrogens with zero attached hydrogens (tertiary/aromatic N) is 3. The van der Waals surface area contributed by atoms with Gasteiger partial charge in [-0.1, -0.05) is 6.07 Å². The summed E-state index contributed by atoms with van der Waals surface area (Å²) in [6.45, 7) is 5.59. The van der Waals surface area contributed by atoms with Crippen molar-refractivity contribution in [2.75, 3.05) is 7.11 Å². The lowest BCUT2D eigenvalue weighted by Gasteiger charge is -2.07. The number of aromatic nitrogens is 2. The predicted molar refractivity (Wildman–Crippen MR) is 124 cm³/mol. The topological polar surface area (TPSA) is 94.8 Å². The van der Waals surface area contributed by atoms with Crippen LogP contribution in [-0.4, -0.2) is 34.5 Å². The SMILES string of the molecule is COc1cccc(C(=O)Oc2ccc(C(C)=NNC(=O)Cn3nc(C)c(Br)c3C)cc2)c1. The van der Waals surface area contributed by atoms with Crippen molar-refractivity contribution in [3.05, 3.63) is 75.5 Å². The summed E-state index contributed by atoms with van der Waals surface area (Å²) >= 11 is 3.44. The number of amides is 1. The quantitative estimate of drug-likeness (QED) is 0.229. The molecule has 0 saturated carbocycles. The van der Waals surface area contributed by atoms with Crippen LogP contribution in [0.4, 0.5) is 0 Å². The van der Waals surface area contributed by atoms with Gasteiger partial charge in [0, 0.05) is 0 Å². The zero-order valence-electron chi connectivity index (χ0n) is 18.2. The van der Waals surface area contributed by atoms with E-state index < -0.39 is 5.97 Å². The number of nitrogens with one attached hydrogen (secondary N) is 1. The van der Waals surface area contributed by atoms with E-state index >= 15 is 0 Å². The Hall–Kier alpha value is -3.46. The number of ether oxygens (including phenoxy) is 2. The van der Waals surface area contributed by atoms with E-state index in [2.05, 4.69) is 31.6 Å². The Kier molecular flexibility index (Phi) is 7.42. The molecule has 0 unspecified atom stereocenters. The normalized spacial score (nSPS) is 11.2. The average Bonchev–Trinajstić information content (AvgIpc) is 3.04. The molecule has 0 atom stereocenters. The second kappa shape index (κ2) is 10.2. The Bertz CT molecular complexity index is 1170. The fraction of sp³-hybridized carbons (Fsp3) is 0.217. The number of hydrogen-bond acceptors (Lipinski definition) is 6. The van der Waals surface area contributed by atoms with Crippen LogP contribution >= 0.6 is 15.9 Å². The van der Waals surface area contributed by atoms with Crippen LogP contribution in [0.25, 0.3) is 0 Å². The second-order valence-corrected chi connectivity index (χ2v) is 7.81. The van der Waals surface area contributed by atoms with Gasteiger partial charge in [0.15, 0.2) is 0 Å². The summed E-state index contributed by atoms with van der Waals surface area (Å²) in [6, 6.07) is 13.6. The molecule has 9 heteroatoms. The van der Waals surface area contributed by atoms with E-state index in [9.17, 15) is 9.59 Å². The number of methoxy groups -OCH3 is 1. The fourth-order valence-electron chi connectivity index (χ4n) is 2.89. The van der Waals surface area contributed by atoms with Crippen LogP contribution in [0.3, 0.4) is 0 Å². The van der Waals surface area contributed by atoms with Gasteiger partial charge in [0.05, 0.1) is 34.2 Å². The third kappa shape index (κ3) is 5.61. The molecule has 8 nitrogen and oxygen atoms in total. The van der Waals surface area contributed by atoms with Gasteiger partial charge in [0.1, 0.15) is 18.0 Å². The van der Waals surface area contributed by atoms with Gasteiger partial charge < -0.3 is 9.47 Å². The van der Waals surface area contributed by atoms with Gasteiger partial charge in [-0.25, -0.2) is 10.2 Å². The summed E-state index contributed by atoms with van der Waals surface area (Å²) in [7, 11) is 1.54. The minimum absolute atomic E-state index is 0.0637. The van der Waals surface area contributed by atoms with Crippen LogP contribution in [0.5, 0.6) is 11.5 Å². The molecule has 3 rings (SSSR count). The summed E-state index contributed by atoms with van der Waals surface area (Å²) in [5.74, 6) is 0.207. The maximum Gasteiger partial charge on any atom is 0.343 e. The Morgan fingerprint density at radius 3 is 2.44 bits per heavy atom. The number of halogens is 1. The van der Waals surface area contributed by atoms with Crippen molar-refractivity contribution in [2.24, 2.45) is 5.10 Å². The Balaban J connectivity index is 1.59. The third-order valence-electron chi connectivity index (χ3n) is 4.72. The summed E-state index contributed by atoms with van der Waals surface area (Å²) in [4.78, 5) is 24.5. The largest absolute Gasteiger partial charge is 0.497 e. The van der Waals surface area contributed by atoms with Gasteiger partial charge in [-0.3, -0.25) is 9.48 Å². The molecule has 0 spiro atoms. The first-order chi connectivity index (χ1) is 15.3. The minimum atomic E-state index is -0.481. The second-order valence-electron chi connectivity index (χ2n) is 7.02. The molecule has 0 bridgehead atoms. The molecule has 32 heavy (non-hydrogen) atoms. The number of benzene rings is 2. The zero-order chi connectivity index (χ0) is 23.3. The first-order valence-corrected chi connectivity index (χ1v) is 10.6. The lowest BCUT2D eigenvalue weighted by molar-refractivity contribution is -0.121. The van der Waals surface area contributed by atoms with Crippen molar-refractivity contribution in [3.63, 3.8) is 0 Å². The third-order valence-corrected chi connectivity index (χ3v) is 5.87. The maximum atomic E-state index is 12.3. The lowest BCUT2D eigenvalue weighted by atomic mass is 10.1. The molecule has 1 N–H and O–H groups in total. The van der Waals surface area contributed by atoms with Crippen molar-refractivity contribution < 1.29 is 19.1 Å². The number of carbonyl (C=O) groups is 2. The van der Waals surface area contributed by atoms with Crippen molar-refractivity contribution in [1.29, 1.82) is 0 Å². The Morgan fingerprint density at radius 2 is 1.81 bits per heavy atom. The van der Waals surface area contributed by atoms with E-state index in [1.807, 2.05) is 13.8 Å². The minimum Gasteiger partial charge on any atom is -0.497 e. The highest BCUT2D eigenvalue weighted by Crippen LogP contribution is 2.20. The molecule has 1 aromatic heterocycles. The van der Waals surface area contributed by atoms with Gasteiger partial charge in [0.25, 0.3) is 5.91 Å². The van der Waals surface area contributed by atoms with Gasteiger partial charge >= 0.3 is 5.97 Å². The molecule has 0 aliphatic heterocycles. The van der Waals surface area contributed by atoms with E-state index in [4.69, 9.17) is 9.47 Å². The predicted octanol–water partition coefficient (Wildman–Crippen LogP) is 4.03. The first kappa shape index (κ1) is 23.2. The summed E-state index contributed by atoms with van der Waals surface area (Å²) in [6.07, 6.45) is 0. The molecular weight excluding hydrogens is 476 g/mol. The van der Waals surface area contributed by atoms with E-state index in [1.54, 1.807) is 60.1 Å². The molecule has 1 heterocycles. The number of rotatable bonds is 7. The highest BCUT2D eigenvalue weighted by atomic mass is 79.9. The molecule has 0 aliphatic carbocycles. The monoisotopic (exact) mass is 498 g/mol. The zero-order valence-corrected chi connectivity index (χ0v) is 19.8. The maximum absolute atomic E-state index is 12.3. The van der Waals surface area contributed by atoms with Crippen LogP contribution in [0, 0.1) is 13.8 Å². The van der Waals surface area contributed by atoms with E-state index in [1.165, 1.54) is 7.11 Å². The van der Waals surface area contributed by atoms with Crippen LogP contribution < -0.4 is 14.9 Å². The first-order valence-electron chi connectivity index (χ1n) is 9.77. The van der Waals surface area contributed by atoms with Crippen molar-refractivity contribution in [2.45, 2.75) is 27.3 Å². The van der Waals surface area contributed by atoms with Gasteiger partial charge in [0.2, 0.25) is 0 Å². The van der Waals surface area contributed by atoms with Crippen molar-refractivity contribution >= 4 is 33.5 Å². The molecule has 3 aromatic rings. The molecule has 166 valence electrons. The van der Waals surface area contributed by atoms with Crippen LogP contribution in [0.2, 0.25) is 0 Å². The highest BCUT2D eigenvalue weighted by Gasteiger charge is 2.12. The number of esters is 1. The molecule has 0 saturated heterocycles. The molecule has 2 aromatic carbocycles. The average molecular weight is 499 g/mol. The van der Waals surface area contributed by atoms with E-state index in [0.717, 1.165) is 21.4 Å². The summed E-state index contributed by atoms with van der Waals surface area (Å²) < 4.78 is 13.0. The van der Waals surface area contributed by atoms with Crippen LogP contribution in [0.1, 0.15) is 34.2 Å². The number of hydrazone groups is 1. The molecule has 0 radical (unpaired) electrons. The number of carbonyl (C=O) groups excluding carboxylic acids is 2. The lowest BCUT2D eigenvalue weighted by Crippen LogP contribution is -2.25. The van der Waals surface area contributed by atoms with Crippen LogP contribution in [0.15, 0.2) is 58.1 Å². The summed E-state index contributed by atoms with van der Waals surface area (Å²) in [5, 5.41) is 8.46. The number of aryl methyl sites for hydroxylation is 1. The van der Waals surface area contributed by atoms with Crippen LogP contribution in [-0.2, 0) is 11.3 Å². The fourth-order valence-corrected chi connectivity index (χ4v) is 3.18. The highest BCUT2D eigenvalue weighted by molar-refractivity contribution is 9.10. The van der Waals surface area contributed by atoms with Crippen molar-refractivity contribution in [3.8, 4) is 11.5 Å². The standard InChI is InChI=1S/C23H23BrN4O4/c1-14(25-26-21(29)13-28-16(3)22(24)15(2)27-28)17-8-10-19(11-9-17)32-23(30)18-6-5-7-20(12-18)31-4/h5-12H,13H2,1-4H3,(H,26,29). The van der Waals surface area contributed by atoms with Crippen molar-refractivity contribution in [1.82, 2.24) is 15.2 Å².